The van der Waals surface area contributed by atoms with Crippen molar-refractivity contribution in [2.45, 2.75) is 19.3 Å². The number of aryl methyl sites for hydroxylation is 1. The number of nitrogens with zero attached hydrogens (tertiary/aromatic N) is 4. The molecule has 1 atom stereocenters. The second-order valence-electron chi connectivity index (χ2n) is 7.02. The molecule has 26 heavy (non-hydrogen) atoms. The van der Waals surface area contributed by atoms with Gasteiger partial charge in [-0.1, -0.05) is 18.2 Å². The van der Waals surface area contributed by atoms with Crippen LogP contribution in [0.3, 0.4) is 0 Å². The summed E-state index contributed by atoms with van der Waals surface area (Å²) in [6.07, 6.45) is 8.07. The van der Waals surface area contributed by atoms with Gasteiger partial charge in [-0.15, -0.1) is 0 Å². The maximum atomic E-state index is 13.2. The fraction of sp³-hybridized carbons (Fsp3) is 0.350. The highest BCUT2D eigenvalue weighted by Gasteiger charge is 2.27. The molecule has 134 valence electrons. The summed E-state index contributed by atoms with van der Waals surface area (Å²) >= 11 is 0. The minimum atomic E-state index is 0.110. The van der Waals surface area contributed by atoms with Crippen molar-refractivity contribution >= 4 is 22.6 Å². The first kappa shape index (κ1) is 16.6. The summed E-state index contributed by atoms with van der Waals surface area (Å²) in [5.41, 5.74) is 8.62. The number of nitrogen functional groups attached to an aromatic ring is 1. The summed E-state index contributed by atoms with van der Waals surface area (Å²) in [7, 11) is 1.98. The maximum Gasteiger partial charge on any atom is 0.256 e. The molecule has 6 heteroatoms. The number of likely N-dealkylation sites (tertiary alicyclic amines) is 1. The van der Waals surface area contributed by atoms with Gasteiger partial charge in [-0.25, -0.2) is 4.98 Å². The lowest BCUT2D eigenvalue weighted by Gasteiger charge is -2.32. The topological polar surface area (TPSA) is 77.0 Å². The van der Waals surface area contributed by atoms with E-state index in [-0.39, 0.29) is 5.91 Å². The average molecular weight is 349 g/mol. The molecule has 0 saturated carbocycles. The summed E-state index contributed by atoms with van der Waals surface area (Å²) in [5, 5.41) is 1.01. The van der Waals surface area contributed by atoms with Gasteiger partial charge in [0.1, 0.15) is 5.82 Å². The molecule has 1 aliphatic rings. The number of benzene rings is 1. The Morgan fingerprint density at radius 3 is 2.92 bits per heavy atom. The van der Waals surface area contributed by atoms with Crippen LogP contribution in [0.15, 0.2) is 42.9 Å². The van der Waals surface area contributed by atoms with Crippen LogP contribution in [0.5, 0.6) is 0 Å². The summed E-state index contributed by atoms with van der Waals surface area (Å²) in [4.78, 5) is 23.6. The highest BCUT2D eigenvalue weighted by atomic mass is 16.2. The minimum absolute atomic E-state index is 0.110. The number of nitrogens with two attached hydrogens (primary N) is 1. The largest absolute Gasteiger partial charge is 0.382 e. The van der Waals surface area contributed by atoms with Crippen LogP contribution in [-0.2, 0) is 13.5 Å². The van der Waals surface area contributed by atoms with Gasteiger partial charge in [0.15, 0.2) is 0 Å². The highest BCUT2D eigenvalue weighted by molar-refractivity contribution is 6.07. The molecule has 6 nitrogen and oxygen atoms in total. The van der Waals surface area contributed by atoms with Crippen LogP contribution in [0.1, 0.15) is 28.9 Å². The van der Waals surface area contributed by atoms with Crippen LogP contribution < -0.4 is 5.73 Å². The van der Waals surface area contributed by atoms with Crippen molar-refractivity contribution in [3.8, 4) is 0 Å². The summed E-state index contributed by atoms with van der Waals surface area (Å²) < 4.78 is 2.02. The number of rotatable bonds is 3. The Bertz CT molecular complexity index is 948. The first-order valence-corrected chi connectivity index (χ1v) is 9.02. The molecule has 0 bridgehead atoms. The number of hydrogen-bond acceptors (Lipinski definition) is 4. The van der Waals surface area contributed by atoms with Gasteiger partial charge in [-0.2, -0.15) is 0 Å². The van der Waals surface area contributed by atoms with E-state index in [0.29, 0.717) is 11.7 Å². The number of fused-ring (bicyclic) bond motifs is 1. The highest BCUT2D eigenvalue weighted by Crippen LogP contribution is 2.26. The third-order valence-electron chi connectivity index (χ3n) is 5.22. The maximum absolute atomic E-state index is 13.2. The minimum Gasteiger partial charge on any atom is -0.382 e. The second-order valence-corrected chi connectivity index (χ2v) is 7.02. The molecule has 2 aromatic heterocycles. The van der Waals surface area contributed by atoms with Crippen molar-refractivity contribution in [1.82, 2.24) is 19.4 Å². The Balaban J connectivity index is 1.54. The van der Waals surface area contributed by atoms with Gasteiger partial charge < -0.3 is 15.2 Å². The van der Waals surface area contributed by atoms with Crippen LogP contribution in [0, 0.1) is 5.92 Å². The first-order chi connectivity index (χ1) is 12.6. The Kier molecular flexibility index (Phi) is 4.32. The number of carbonyl (C=O) groups excluding carboxylic acids is 1. The van der Waals surface area contributed by atoms with E-state index < -0.39 is 0 Å². The van der Waals surface area contributed by atoms with Gasteiger partial charge in [0.05, 0.1) is 11.3 Å². The standard InChI is InChI=1S/C20H23N5O/c1-24-13-16(15-6-2-3-7-18(15)24)20(26)25-10-4-5-14(12-25)11-17-19(21)23-9-8-22-17/h2-3,6-9,13-14H,4-5,10-12H2,1H3,(H2,21,23). The van der Waals surface area contributed by atoms with Gasteiger partial charge in [0.25, 0.3) is 5.91 Å². The number of para-hydroxylation sites is 1. The SMILES string of the molecule is Cn1cc(C(=O)N2CCCC(Cc3nccnc3N)C2)c2ccccc21. The lowest BCUT2D eigenvalue weighted by Crippen LogP contribution is -2.40. The van der Waals surface area contributed by atoms with Crippen LogP contribution in [0.2, 0.25) is 0 Å². The number of hydrogen-bond donors (Lipinski definition) is 1. The molecule has 1 unspecified atom stereocenters. The quantitative estimate of drug-likeness (QED) is 0.788. The zero-order valence-corrected chi connectivity index (χ0v) is 14.9. The van der Waals surface area contributed by atoms with Crippen molar-refractivity contribution in [3.05, 3.63) is 54.1 Å². The third-order valence-corrected chi connectivity index (χ3v) is 5.22. The van der Waals surface area contributed by atoms with Crippen molar-refractivity contribution in [2.24, 2.45) is 13.0 Å². The lowest BCUT2D eigenvalue weighted by molar-refractivity contribution is 0.0674. The average Bonchev–Trinajstić information content (AvgIpc) is 3.00. The molecule has 1 saturated heterocycles. The molecule has 3 aromatic rings. The Labute approximate surface area is 152 Å². The number of aromatic nitrogens is 3. The zero-order valence-electron chi connectivity index (χ0n) is 14.9. The fourth-order valence-electron chi connectivity index (χ4n) is 3.91. The predicted molar refractivity (Wildman–Crippen MR) is 102 cm³/mol. The van der Waals surface area contributed by atoms with Gasteiger partial charge in [0, 0.05) is 49.6 Å². The third kappa shape index (κ3) is 3.03. The van der Waals surface area contributed by atoms with E-state index in [1.807, 2.05) is 47.0 Å². The molecule has 0 spiro atoms. The summed E-state index contributed by atoms with van der Waals surface area (Å²) in [6.45, 7) is 1.53. The van der Waals surface area contributed by atoms with E-state index in [0.717, 1.165) is 54.5 Å². The lowest BCUT2D eigenvalue weighted by atomic mass is 9.92. The monoisotopic (exact) mass is 349 g/mol. The molecule has 3 heterocycles. The number of carbonyl (C=O) groups is 1. The summed E-state index contributed by atoms with van der Waals surface area (Å²) in [5.74, 6) is 0.963. The molecule has 1 fully saturated rings. The molecular formula is C20H23N5O. The Morgan fingerprint density at radius 1 is 1.27 bits per heavy atom. The van der Waals surface area contributed by atoms with Gasteiger partial charge in [-0.3, -0.25) is 9.78 Å². The Morgan fingerprint density at radius 2 is 2.08 bits per heavy atom. The fourth-order valence-corrected chi connectivity index (χ4v) is 3.91. The number of piperidine rings is 1. The smallest absolute Gasteiger partial charge is 0.256 e. The van der Waals surface area contributed by atoms with Crippen molar-refractivity contribution in [3.63, 3.8) is 0 Å². The number of anilines is 1. The molecule has 0 radical (unpaired) electrons. The summed E-state index contributed by atoms with van der Waals surface area (Å²) in [6, 6.07) is 8.04. The molecule has 4 rings (SSSR count). The first-order valence-electron chi connectivity index (χ1n) is 9.02. The van der Waals surface area contributed by atoms with Gasteiger partial charge in [0.2, 0.25) is 0 Å². The molecular weight excluding hydrogens is 326 g/mol. The van der Waals surface area contributed by atoms with Crippen molar-refractivity contribution in [2.75, 3.05) is 18.8 Å². The normalized spacial score (nSPS) is 17.6. The van der Waals surface area contributed by atoms with E-state index >= 15 is 0 Å². The van der Waals surface area contributed by atoms with Gasteiger partial charge >= 0.3 is 0 Å². The second kappa shape index (κ2) is 6.78. The molecule has 2 N–H and O–H groups in total. The van der Waals surface area contributed by atoms with E-state index in [2.05, 4.69) is 9.97 Å². The van der Waals surface area contributed by atoms with E-state index in [1.165, 1.54) is 0 Å². The molecule has 1 aromatic carbocycles. The van der Waals surface area contributed by atoms with Crippen molar-refractivity contribution < 1.29 is 4.79 Å². The van der Waals surface area contributed by atoms with Crippen LogP contribution >= 0.6 is 0 Å². The molecule has 0 aliphatic carbocycles. The van der Waals surface area contributed by atoms with E-state index in [9.17, 15) is 4.79 Å². The Hall–Kier alpha value is -2.89. The van der Waals surface area contributed by atoms with Crippen LogP contribution in [0.25, 0.3) is 10.9 Å². The van der Waals surface area contributed by atoms with E-state index in [4.69, 9.17) is 5.73 Å². The predicted octanol–water partition coefficient (Wildman–Crippen LogP) is 2.65. The van der Waals surface area contributed by atoms with E-state index in [1.54, 1.807) is 12.4 Å². The molecule has 1 amide bonds. The molecule has 1 aliphatic heterocycles. The van der Waals surface area contributed by atoms with Crippen molar-refractivity contribution in [1.29, 1.82) is 0 Å². The zero-order chi connectivity index (χ0) is 18.1. The number of amides is 1. The van der Waals surface area contributed by atoms with Crippen LogP contribution in [-0.4, -0.2) is 38.4 Å². The van der Waals surface area contributed by atoms with Crippen LogP contribution in [0.4, 0.5) is 5.82 Å². The van der Waals surface area contributed by atoms with Gasteiger partial charge in [-0.05, 0) is 31.2 Å².